The molecule has 6 nitrogen and oxygen atoms in total. The molecule has 174 valence electrons. The fourth-order valence-corrected chi connectivity index (χ4v) is 4.77. The summed E-state index contributed by atoms with van der Waals surface area (Å²) in [6.07, 6.45) is 9.50. The van der Waals surface area contributed by atoms with Crippen LogP contribution in [-0.4, -0.2) is 21.0 Å². The molecule has 2 atom stereocenters. The van der Waals surface area contributed by atoms with Crippen molar-refractivity contribution < 1.29 is 9.53 Å². The summed E-state index contributed by atoms with van der Waals surface area (Å²) in [7, 11) is 1.75. The highest BCUT2D eigenvalue weighted by molar-refractivity contribution is 5.97. The number of allylic oxidation sites excluding steroid dienone is 1. The SMILES string of the molecule is Cc1cc(C)n(C)c(=O)c1CNC(=O)c1cc2cccn2c(C(C)OC2C=CCCC2)c1C. The monoisotopic (exact) mass is 447 g/mol. The van der Waals surface area contributed by atoms with Crippen LogP contribution in [0.3, 0.4) is 0 Å². The molecule has 0 saturated carbocycles. The minimum atomic E-state index is -0.191. The summed E-state index contributed by atoms with van der Waals surface area (Å²) in [5.41, 5.74) is 5.73. The number of carbonyl (C=O) groups is 1. The van der Waals surface area contributed by atoms with Crippen molar-refractivity contribution in [2.75, 3.05) is 0 Å². The maximum atomic E-state index is 13.3. The molecule has 0 bridgehead atoms. The quantitative estimate of drug-likeness (QED) is 0.558. The number of aromatic nitrogens is 2. The number of ether oxygens (including phenoxy) is 1. The molecule has 1 aliphatic rings. The molecule has 4 rings (SSSR count). The summed E-state index contributed by atoms with van der Waals surface area (Å²) in [6.45, 7) is 8.02. The number of fused-ring (bicyclic) bond motifs is 1. The van der Waals surface area contributed by atoms with Crippen LogP contribution >= 0.6 is 0 Å². The molecule has 6 heteroatoms. The lowest BCUT2D eigenvalue weighted by Gasteiger charge is -2.25. The number of nitrogens with one attached hydrogen (secondary N) is 1. The summed E-state index contributed by atoms with van der Waals surface area (Å²) in [4.78, 5) is 25.9. The van der Waals surface area contributed by atoms with Crippen LogP contribution in [0, 0.1) is 20.8 Å². The maximum Gasteiger partial charge on any atom is 0.255 e. The van der Waals surface area contributed by atoms with Gasteiger partial charge in [0.2, 0.25) is 0 Å². The minimum absolute atomic E-state index is 0.0742. The number of nitrogens with zero attached hydrogens (tertiary/aromatic N) is 2. The van der Waals surface area contributed by atoms with Gasteiger partial charge in [-0.3, -0.25) is 9.59 Å². The molecule has 3 heterocycles. The molecule has 0 fully saturated rings. The molecule has 1 aliphatic carbocycles. The lowest BCUT2D eigenvalue weighted by Crippen LogP contribution is -2.31. The molecule has 1 N–H and O–H groups in total. The highest BCUT2D eigenvalue weighted by Gasteiger charge is 2.22. The third-order valence-corrected chi connectivity index (χ3v) is 6.76. The van der Waals surface area contributed by atoms with Gasteiger partial charge in [0.25, 0.3) is 11.5 Å². The maximum absolute atomic E-state index is 13.3. The topological polar surface area (TPSA) is 64.7 Å². The Morgan fingerprint density at radius 3 is 2.79 bits per heavy atom. The van der Waals surface area contributed by atoms with E-state index in [0.717, 1.165) is 47.3 Å². The van der Waals surface area contributed by atoms with E-state index in [1.165, 1.54) is 0 Å². The predicted molar refractivity (Wildman–Crippen MR) is 131 cm³/mol. The van der Waals surface area contributed by atoms with E-state index >= 15 is 0 Å². The molecule has 2 unspecified atom stereocenters. The second-order valence-corrected chi connectivity index (χ2v) is 9.04. The number of aryl methyl sites for hydroxylation is 2. The molecule has 0 aromatic carbocycles. The zero-order valence-electron chi connectivity index (χ0n) is 20.1. The molecular weight excluding hydrogens is 414 g/mol. The van der Waals surface area contributed by atoms with E-state index < -0.39 is 0 Å². The van der Waals surface area contributed by atoms with Crippen molar-refractivity contribution in [3.8, 4) is 0 Å². The Bertz CT molecular complexity index is 1280. The van der Waals surface area contributed by atoms with Crippen LogP contribution < -0.4 is 10.9 Å². The molecular formula is C27H33N3O3. The van der Waals surface area contributed by atoms with Gasteiger partial charge in [0.15, 0.2) is 0 Å². The highest BCUT2D eigenvalue weighted by atomic mass is 16.5. The van der Waals surface area contributed by atoms with Gasteiger partial charge in [0.05, 0.1) is 17.9 Å². The van der Waals surface area contributed by atoms with Crippen LogP contribution in [0.5, 0.6) is 0 Å². The van der Waals surface area contributed by atoms with E-state index in [1.807, 2.05) is 58.2 Å². The minimum Gasteiger partial charge on any atom is -0.365 e. The predicted octanol–water partition coefficient (Wildman–Crippen LogP) is 4.68. The summed E-state index contributed by atoms with van der Waals surface area (Å²) >= 11 is 0. The van der Waals surface area contributed by atoms with E-state index in [9.17, 15) is 9.59 Å². The third kappa shape index (κ3) is 4.53. The number of hydrogen-bond donors (Lipinski definition) is 1. The largest absolute Gasteiger partial charge is 0.365 e. The fraction of sp³-hybridized carbons (Fsp3) is 0.407. The van der Waals surface area contributed by atoms with E-state index in [2.05, 4.69) is 21.9 Å². The summed E-state index contributed by atoms with van der Waals surface area (Å²) < 4.78 is 10.1. The Kier molecular flexibility index (Phi) is 6.56. The van der Waals surface area contributed by atoms with Gasteiger partial charge in [-0.1, -0.05) is 12.2 Å². The lowest BCUT2D eigenvalue weighted by atomic mass is 10.0. The number of hydrogen-bond acceptors (Lipinski definition) is 3. The fourth-order valence-electron chi connectivity index (χ4n) is 4.77. The van der Waals surface area contributed by atoms with Gasteiger partial charge in [0.1, 0.15) is 0 Å². The second-order valence-electron chi connectivity index (χ2n) is 9.04. The van der Waals surface area contributed by atoms with Crippen molar-refractivity contribution in [3.63, 3.8) is 0 Å². The Hall–Kier alpha value is -3.12. The van der Waals surface area contributed by atoms with Gasteiger partial charge in [-0.25, -0.2) is 0 Å². The van der Waals surface area contributed by atoms with Crippen molar-refractivity contribution in [1.82, 2.24) is 14.3 Å². The van der Waals surface area contributed by atoms with E-state index in [4.69, 9.17) is 4.74 Å². The molecule has 1 amide bonds. The Balaban J connectivity index is 1.63. The van der Waals surface area contributed by atoms with Crippen molar-refractivity contribution in [3.05, 3.63) is 86.6 Å². The van der Waals surface area contributed by atoms with Gasteiger partial charge in [-0.2, -0.15) is 0 Å². The van der Waals surface area contributed by atoms with Crippen LogP contribution in [0.25, 0.3) is 5.52 Å². The van der Waals surface area contributed by atoms with Crippen LogP contribution in [0.4, 0.5) is 0 Å². The average Bonchev–Trinajstić information content (AvgIpc) is 3.25. The van der Waals surface area contributed by atoms with Crippen LogP contribution in [0.15, 0.2) is 47.4 Å². The van der Waals surface area contributed by atoms with Crippen molar-refractivity contribution in [2.24, 2.45) is 7.05 Å². The molecule has 33 heavy (non-hydrogen) atoms. The molecule has 0 saturated heterocycles. The summed E-state index contributed by atoms with van der Waals surface area (Å²) in [5, 5.41) is 2.98. The van der Waals surface area contributed by atoms with Crippen LogP contribution in [0.2, 0.25) is 0 Å². The third-order valence-electron chi connectivity index (χ3n) is 6.76. The van der Waals surface area contributed by atoms with E-state index in [-0.39, 0.29) is 30.2 Å². The lowest BCUT2D eigenvalue weighted by molar-refractivity contribution is 0.0128. The Labute approximate surface area is 194 Å². The van der Waals surface area contributed by atoms with Crippen LogP contribution in [-0.2, 0) is 18.3 Å². The van der Waals surface area contributed by atoms with Gasteiger partial charge in [-0.05, 0) is 82.3 Å². The number of pyridine rings is 2. The second kappa shape index (κ2) is 9.40. The van der Waals surface area contributed by atoms with Gasteiger partial charge in [0, 0.05) is 42.1 Å². The molecule has 0 radical (unpaired) electrons. The van der Waals surface area contributed by atoms with Crippen LogP contribution in [0.1, 0.15) is 70.7 Å². The molecule has 0 aliphatic heterocycles. The Morgan fingerprint density at radius 1 is 1.27 bits per heavy atom. The molecule has 0 spiro atoms. The average molecular weight is 448 g/mol. The van der Waals surface area contributed by atoms with Crippen molar-refractivity contribution in [2.45, 2.75) is 65.7 Å². The van der Waals surface area contributed by atoms with Gasteiger partial charge < -0.3 is 19.0 Å². The van der Waals surface area contributed by atoms with E-state index in [1.54, 1.807) is 11.6 Å². The standard InChI is InChI=1S/C27H33N3O3/c1-17-14-18(2)29(5)27(32)24(17)16-28-26(31)23-15-21-10-9-13-30(21)25(19(23)3)20(4)33-22-11-7-6-8-12-22/h7,9-11,13-15,20,22H,6,8,12,16H2,1-5H3,(H,28,31). The first-order valence-electron chi connectivity index (χ1n) is 11.6. The Morgan fingerprint density at radius 2 is 2.06 bits per heavy atom. The molecule has 3 aromatic rings. The van der Waals surface area contributed by atoms with Gasteiger partial charge in [-0.15, -0.1) is 0 Å². The number of amides is 1. The zero-order valence-corrected chi connectivity index (χ0v) is 20.1. The zero-order chi connectivity index (χ0) is 23.7. The smallest absolute Gasteiger partial charge is 0.255 e. The number of carbonyl (C=O) groups excluding carboxylic acids is 1. The van der Waals surface area contributed by atoms with Crippen molar-refractivity contribution in [1.29, 1.82) is 0 Å². The summed E-state index contributed by atoms with van der Waals surface area (Å²) in [6, 6.07) is 7.85. The van der Waals surface area contributed by atoms with Gasteiger partial charge >= 0.3 is 0 Å². The van der Waals surface area contributed by atoms with E-state index in [0.29, 0.717) is 11.1 Å². The normalized spacial score (nSPS) is 16.8. The first-order chi connectivity index (χ1) is 15.8. The first-order valence-corrected chi connectivity index (χ1v) is 11.6. The molecule has 3 aromatic heterocycles. The first kappa shape index (κ1) is 23.1. The number of rotatable bonds is 6. The highest BCUT2D eigenvalue weighted by Crippen LogP contribution is 2.29. The summed E-state index contributed by atoms with van der Waals surface area (Å²) in [5.74, 6) is -0.191. The van der Waals surface area contributed by atoms with Crippen molar-refractivity contribution >= 4 is 11.4 Å².